The lowest BCUT2D eigenvalue weighted by Crippen LogP contribution is -2.29. The maximum absolute atomic E-state index is 14.1. The molecule has 0 aliphatic carbocycles. The molecule has 0 spiro atoms. The monoisotopic (exact) mass is 533 g/mol. The van der Waals surface area contributed by atoms with E-state index < -0.39 is 35.1 Å². The number of aliphatic hydroxyl groups is 1. The minimum Gasteiger partial charge on any atom is -0.507 e. The molecule has 3 aromatic carbocycles. The van der Waals surface area contributed by atoms with Gasteiger partial charge in [-0.1, -0.05) is 35.3 Å². The Balaban J connectivity index is 2.01. The Morgan fingerprint density at radius 1 is 1.06 bits per heavy atom. The number of anilines is 1. The molecule has 6 nitrogen and oxygen atoms in total. The summed E-state index contributed by atoms with van der Waals surface area (Å²) < 4.78 is 38.6. The van der Waals surface area contributed by atoms with Crippen LogP contribution in [0.5, 0.6) is 11.5 Å². The average molecular weight is 534 g/mol. The highest BCUT2D eigenvalue weighted by Crippen LogP contribution is 2.45. The standard InChI is InChI=1S/C26H19Cl2F2NO5/c1-3-36-16-6-4-5-13(9-16)22-21(23(32)17-10-14(27)11-18(28)25(17)35-2)24(33)26(34)31(22)15-7-8-19(29)20(30)12-15/h4-12,22,32H,3H2,1-2H3/b23-21+. The topological polar surface area (TPSA) is 76.1 Å². The highest BCUT2D eigenvalue weighted by atomic mass is 35.5. The van der Waals surface area contributed by atoms with Gasteiger partial charge >= 0.3 is 0 Å². The largest absolute Gasteiger partial charge is 0.507 e. The van der Waals surface area contributed by atoms with Crippen LogP contribution in [-0.4, -0.2) is 30.5 Å². The molecule has 0 aromatic heterocycles. The summed E-state index contributed by atoms with van der Waals surface area (Å²) in [6.45, 7) is 2.14. The first-order valence-corrected chi connectivity index (χ1v) is 11.5. The first-order chi connectivity index (χ1) is 17.2. The Bertz CT molecular complexity index is 1410. The molecule has 36 heavy (non-hydrogen) atoms. The number of benzene rings is 3. The van der Waals surface area contributed by atoms with Crippen molar-refractivity contribution in [3.63, 3.8) is 0 Å². The Kier molecular flexibility index (Phi) is 7.19. The number of hydrogen-bond donors (Lipinski definition) is 1. The van der Waals surface area contributed by atoms with Crippen LogP contribution in [0.15, 0.2) is 60.2 Å². The second kappa shape index (κ2) is 10.2. The van der Waals surface area contributed by atoms with E-state index in [4.69, 9.17) is 32.7 Å². The fourth-order valence-corrected chi connectivity index (χ4v) is 4.65. The maximum Gasteiger partial charge on any atom is 0.300 e. The van der Waals surface area contributed by atoms with E-state index >= 15 is 0 Å². The van der Waals surface area contributed by atoms with Crippen LogP contribution in [0.2, 0.25) is 10.0 Å². The zero-order chi connectivity index (χ0) is 26.1. The van der Waals surface area contributed by atoms with Crippen LogP contribution < -0.4 is 14.4 Å². The van der Waals surface area contributed by atoms with Crippen molar-refractivity contribution < 1.29 is 33.0 Å². The van der Waals surface area contributed by atoms with Crippen molar-refractivity contribution in [3.8, 4) is 11.5 Å². The molecule has 0 radical (unpaired) electrons. The van der Waals surface area contributed by atoms with E-state index in [0.29, 0.717) is 17.9 Å². The second-order valence-electron chi connectivity index (χ2n) is 7.74. The van der Waals surface area contributed by atoms with Crippen LogP contribution in [0.3, 0.4) is 0 Å². The van der Waals surface area contributed by atoms with Crippen LogP contribution in [0, 0.1) is 11.6 Å². The van der Waals surface area contributed by atoms with Gasteiger partial charge < -0.3 is 14.6 Å². The molecule has 186 valence electrons. The van der Waals surface area contributed by atoms with Crippen LogP contribution in [-0.2, 0) is 9.59 Å². The van der Waals surface area contributed by atoms with Crippen molar-refractivity contribution in [2.75, 3.05) is 18.6 Å². The van der Waals surface area contributed by atoms with Crippen molar-refractivity contribution in [1.29, 1.82) is 0 Å². The third-order valence-corrected chi connectivity index (χ3v) is 6.08. The van der Waals surface area contributed by atoms with E-state index in [0.717, 1.165) is 17.0 Å². The molecule has 1 aliphatic heterocycles. The van der Waals surface area contributed by atoms with Gasteiger partial charge in [-0.15, -0.1) is 0 Å². The Labute approximate surface area is 215 Å². The van der Waals surface area contributed by atoms with Gasteiger partial charge in [0.05, 0.1) is 35.9 Å². The van der Waals surface area contributed by atoms with E-state index in [9.17, 15) is 23.5 Å². The highest BCUT2D eigenvalue weighted by Gasteiger charge is 2.47. The summed E-state index contributed by atoms with van der Waals surface area (Å²) in [7, 11) is 1.31. The number of nitrogens with zero attached hydrogens (tertiary/aromatic N) is 1. The number of methoxy groups -OCH3 is 1. The summed E-state index contributed by atoms with van der Waals surface area (Å²) in [5.74, 6) is -4.58. The van der Waals surface area contributed by atoms with Gasteiger partial charge in [-0.3, -0.25) is 14.5 Å². The normalized spacial score (nSPS) is 16.9. The molecular weight excluding hydrogens is 515 g/mol. The van der Waals surface area contributed by atoms with Crippen LogP contribution in [0.25, 0.3) is 5.76 Å². The van der Waals surface area contributed by atoms with Crippen molar-refractivity contribution in [1.82, 2.24) is 0 Å². The SMILES string of the molecule is CCOc1cccc(C2/C(=C(\O)c3cc(Cl)cc(Cl)c3OC)C(=O)C(=O)N2c2ccc(F)c(F)c2)c1. The second-order valence-corrected chi connectivity index (χ2v) is 8.59. The molecule has 1 atom stereocenters. The Hall–Kier alpha value is -3.62. The van der Waals surface area contributed by atoms with E-state index in [1.54, 1.807) is 31.2 Å². The van der Waals surface area contributed by atoms with Gasteiger partial charge in [0.25, 0.3) is 11.7 Å². The smallest absolute Gasteiger partial charge is 0.300 e. The molecule has 0 saturated carbocycles. The summed E-state index contributed by atoms with van der Waals surface area (Å²) in [6.07, 6.45) is 0. The van der Waals surface area contributed by atoms with Gasteiger partial charge in [-0.25, -0.2) is 8.78 Å². The predicted octanol–water partition coefficient (Wildman–Crippen LogP) is 6.31. The van der Waals surface area contributed by atoms with E-state index in [1.165, 1.54) is 25.3 Å². The zero-order valence-electron chi connectivity index (χ0n) is 19.0. The molecule has 1 unspecified atom stereocenters. The number of ether oxygens (including phenoxy) is 2. The van der Waals surface area contributed by atoms with Gasteiger partial charge in [0.1, 0.15) is 17.3 Å². The molecule has 10 heteroatoms. The van der Waals surface area contributed by atoms with Gasteiger partial charge in [-0.2, -0.15) is 0 Å². The summed E-state index contributed by atoms with van der Waals surface area (Å²) in [4.78, 5) is 27.5. The fraction of sp³-hybridized carbons (Fsp3) is 0.154. The molecule has 1 saturated heterocycles. The van der Waals surface area contributed by atoms with Crippen molar-refractivity contribution in [2.24, 2.45) is 0 Å². The summed E-state index contributed by atoms with van der Waals surface area (Å²) in [6, 6.07) is 10.8. The van der Waals surface area contributed by atoms with Crippen LogP contribution in [0.4, 0.5) is 14.5 Å². The summed E-state index contributed by atoms with van der Waals surface area (Å²) >= 11 is 12.3. The number of aliphatic hydroxyl groups excluding tert-OH is 1. The number of ketones is 1. The molecular formula is C26H19Cl2F2NO5. The zero-order valence-corrected chi connectivity index (χ0v) is 20.5. The molecule has 1 heterocycles. The number of rotatable bonds is 6. The first-order valence-electron chi connectivity index (χ1n) is 10.7. The van der Waals surface area contributed by atoms with Crippen molar-refractivity contribution in [2.45, 2.75) is 13.0 Å². The number of carbonyl (C=O) groups is 2. The van der Waals surface area contributed by atoms with Gasteiger partial charge in [-0.05, 0) is 48.9 Å². The lowest BCUT2D eigenvalue weighted by Gasteiger charge is -2.26. The molecule has 1 aliphatic rings. The van der Waals surface area contributed by atoms with Crippen molar-refractivity contribution in [3.05, 3.63) is 93.0 Å². The van der Waals surface area contributed by atoms with E-state index in [2.05, 4.69) is 0 Å². The van der Waals surface area contributed by atoms with Gasteiger partial charge in [0.15, 0.2) is 11.6 Å². The average Bonchev–Trinajstić information content (AvgIpc) is 3.11. The molecule has 4 rings (SSSR count). The molecule has 3 aromatic rings. The third kappa shape index (κ3) is 4.50. The predicted molar refractivity (Wildman–Crippen MR) is 132 cm³/mol. The lowest BCUT2D eigenvalue weighted by atomic mass is 9.94. The Morgan fingerprint density at radius 2 is 1.81 bits per heavy atom. The number of hydrogen-bond acceptors (Lipinski definition) is 5. The van der Waals surface area contributed by atoms with Crippen LogP contribution in [0.1, 0.15) is 24.1 Å². The highest BCUT2D eigenvalue weighted by molar-refractivity contribution is 6.52. The third-order valence-electron chi connectivity index (χ3n) is 5.58. The molecule has 1 N–H and O–H groups in total. The number of Topliss-reactive ketones (excluding diaryl/α,β-unsaturated/α-hetero) is 1. The van der Waals surface area contributed by atoms with Gasteiger partial charge in [0.2, 0.25) is 0 Å². The van der Waals surface area contributed by atoms with E-state index in [1.807, 2.05) is 0 Å². The Morgan fingerprint density at radius 3 is 2.47 bits per heavy atom. The fourth-order valence-electron chi connectivity index (χ4n) is 4.08. The molecule has 1 amide bonds. The number of carbonyl (C=O) groups excluding carboxylic acids is 2. The first kappa shape index (κ1) is 25.5. The number of amides is 1. The van der Waals surface area contributed by atoms with E-state index in [-0.39, 0.29) is 32.6 Å². The summed E-state index contributed by atoms with van der Waals surface area (Å²) in [5.41, 5.74) is -0.0595. The molecule has 0 bridgehead atoms. The quantitative estimate of drug-likeness (QED) is 0.228. The minimum atomic E-state index is -1.22. The lowest BCUT2D eigenvalue weighted by molar-refractivity contribution is -0.132. The summed E-state index contributed by atoms with van der Waals surface area (Å²) in [5, 5.41) is 11.6. The molecule has 1 fully saturated rings. The van der Waals surface area contributed by atoms with Gasteiger partial charge in [0, 0.05) is 16.8 Å². The maximum atomic E-state index is 14.1. The minimum absolute atomic E-state index is 0.0238. The number of halogens is 4. The van der Waals surface area contributed by atoms with Crippen LogP contribution >= 0.6 is 23.2 Å². The van der Waals surface area contributed by atoms with Crippen molar-refractivity contribution >= 4 is 46.3 Å².